The van der Waals surface area contributed by atoms with Crippen molar-refractivity contribution in [3.63, 3.8) is 0 Å². The number of rotatable bonds is 3. The Labute approximate surface area is 158 Å². The van der Waals surface area contributed by atoms with Crippen LogP contribution in [0.15, 0.2) is 66.7 Å². The summed E-state index contributed by atoms with van der Waals surface area (Å²) in [5, 5.41) is -0.593. The Hall–Kier alpha value is -3.18. The number of nitrogens with zero attached hydrogens (tertiary/aromatic N) is 2. The third-order valence-corrected chi connectivity index (χ3v) is 4.34. The minimum Gasteiger partial charge on any atom is -0.276 e. The van der Waals surface area contributed by atoms with Gasteiger partial charge in [-0.3, -0.25) is 4.79 Å². The SMILES string of the molecule is O=C(Cl)c1ccc2nc(-c3ccc(F)cc3)c(-c3ccc(F)cc3)nc2c1. The van der Waals surface area contributed by atoms with Crippen LogP contribution in [-0.2, 0) is 0 Å². The van der Waals surface area contributed by atoms with Gasteiger partial charge < -0.3 is 0 Å². The largest absolute Gasteiger partial charge is 0.276 e. The molecule has 27 heavy (non-hydrogen) atoms. The quantitative estimate of drug-likeness (QED) is 0.433. The van der Waals surface area contributed by atoms with Crippen molar-refractivity contribution in [2.24, 2.45) is 0 Å². The molecule has 0 saturated carbocycles. The molecule has 0 radical (unpaired) electrons. The van der Waals surface area contributed by atoms with E-state index in [1.807, 2.05) is 0 Å². The first kappa shape index (κ1) is 17.2. The fourth-order valence-corrected chi connectivity index (χ4v) is 2.91. The maximum atomic E-state index is 13.3. The molecule has 0 bridgehead atoms. The maximum absolute atomic E-state index is 13.3. The Morgan fingerprint density at radius 2 is 1.19 bits per heavy atom. The molecule has 6 heteroatoms. The van der Waals surface area contributed by atoms with Gasteiger partial charge in [-0.2, -0.15) is 0 Å². The lowest BCUT2D eigenvalue weighted by Gasteiger charge is -2.11. The average molecular weight is 381 g/mol. The predicted molar refractivity (Wildman–Crippen MR) is 101 cm³/mol. The molecular weight excluding hydrogens is 370 g/mol. The number of hydrogen-bond acceptors (Lipinski definition) is 3. The Morgan fingerprint density at radius 1 is 0.704 bits per heavy atom. The number of halogens is 3. The Bertz CT molecular complexity index is 1160. The van der Waals surface area contributed by atoms with Crippen LogP contribution in [0.4, 0.5) is 8.78 Å². The second-order valence-corrected chi connectivity index (χ2v) is 6.26. The van der Waals surface area contributed by atoms with Crippen LogP contribution in [0.25, 0.3) is 33.5 Å². The average Bonchev–Trinajstić information content (AvgIpc) is 2.68. The van der Waals surface area contributed by atoms with Gasteiger partial charge in [-0.15, -0.1) is 0 Å². The van der Waals surface area contributed by atoms with Gasteiger partial charge in [-0.25, -0.2) is 18.7 Å². The zero-order valence-corrected chi connectivity index (χ0v) is 14.5. The molecule has 0 amide bonds. The summed E-state index contributed by atoms with van der Waals surface area (Å²) >= 11 is 5.56. The van der Waals surface area contributed by atoms with E-state index >= 15 is 0 Å². The molecule has 3 nitrogen and oxygen atoms in total. The topological polar surface area (TPSA) is 42.9 Å². The number of benzene rings is 3. The molecule has 0 spiro atoms. The molecule has 0 fully saturated rings. The molecule has 0 aliphatic heterocycles. The standard InChI is InChI=1S/C21H11ClF2N2O/c22-21(27)14-5-10-17-18(11-14)26-20(13-3-8-16(24)9-4-13)19(25-17)12-1-6-15(23)7-2-12/h1-11H. The Kier molecular flexibility index (Phi) is 4.38. The van der Waals surface area contributed by atoms with Crippen molar-refractivity contribution in [2.75, 3.05) is 0 Å². The van der Waals surface area contributed by atoms with Crippen molar-refractivity contribution in [3.05, 3.63) is 83.9 Å². The van der Waals surface area contributed by atoms with Crippen molar-refractivity contribution in [3.8, 4) is 22.5 Å². The molecule has 0 unspecified atom stereocenters. The molecule has 0 aliphatic rings. The van der Waals surface area contributed by atoms with Crippen molar-refractivity contribution >= 4 is 27.9 Å². The first-order valence-corrected chi connectivity index (χ1v) is 8.42. The highest BCUT2D eigenvalue weighted by Gasteiger charge is 2.15. The zero-order chi connectivity index (χ0) is 19.0. The van der Waals surface area contributed by atoms with Gasteiger partial charge in [-0.05, 0) is 78.3 Å². The van der Waals surface area contributed by atoms with Crippen LogP contribution in [0.5, 0.6) is 0 Å². The minimum absolute atomic E-state index is 0.304. The molecule has 132 valence electrons. The van der Waals surface area contributed by atoms with E-state index in [-0.39, 0.29) is 11.6 Å². The Balaban J connectivity index is 2.00. The smallest absolute Gasteiger partial charge is 0.252 e. The van der Waals surface area contributed by atoms with Gasteiger partial charge in [0.25, 0.3) is 5.24 Å². The first-order valence-electron chi connectivity index (χ1n) is 8.05. The molecule has 3 aromatic carbocycles. The molecule has 1 aromatic heterocycles. The summed E-state index contributed by atoms with van der Waals surface area (Å²) in [6.45, 7) is 0. The lowest BCUT2D eigenvalue weighted by Crippen LogP contribution is -1.97. The van der Waals surface area contributed by atoms with E-state index in [4.69, 9.17) is 11.6 Å². The van der Waals surface area contributed by atoms with Gasteiger partial charge in [0.2, 0.25) is 0 Å². The molecule has 4 rings (SSSR count). The van der Waals surface area contributed by atoms with E-state index in [0.717, 1.165) is 0 Å². The van der Waals surface area contributed by atoms with Crippen molar-refractivity contribution in [1.82, 2.24) is 9.97 Å². The van der Waals surface area contributed by atoms with Gasteiger partial charge in [0.05, 0.1) is 22.4 Å². The number of carbonyl (C=O) groups is 1. The number of hydrogen-bond donors (Lipinski definition) is 0. The van der Waals surface area contributed by atoms with Gasteiger partial charge in [0, 0.05) is 16.7 Å². The van der Waals surface area contributed by atoms with Crippen LogP contribution in [0.2, 0.25) is 0 Å². The number of aromatic nitrogens is 2. The molecule has 0 N–H and O–H groups in total. The van der Waals surface area contributed by atoms with E-state index in [9.17, 15) is 13.6 Å². The zero-order valence-electron chi connectivity index (χ0n) is 13.8. The van der Waals surface area contributed by atoms with Crippen molar-refractivity contribution in [1.29, 1.82) is 0 Å². The summed E-state index contributed by atoms with van der Waals surface area (Å²) < 4.78 is 26.7. The highest BCUT2D eigenvalue weighted by Crippen LogP contribution is 2.31. The lowest BCUT2D eigenvalue weighted by molar-refractivity contribution is 0.108. The summed E-state index contributed by atoms with van der Waals surface area (Å²) in [4.78, 5) is 20.7. The van der Waals surface area contributed by atoms with E-state index in [2.05, 4.69) is 9.97 Å². The van der Waals surface area contributed by atoms with Gasteiger partial charge >= 0.3 is 0 Å². The van der Waals surface area contributed by atoms with E-state index in [1.54, 1.807) is 42.5 Å². The van der Waals surface area contributed by atoms with Gasteiger partial charge in [-0.1, -0.05) is 0 Å². The van der Waals surface area contributed by atoms with Crippen LogP contribution in [0.1, 0.15) is 10.4 Å². The number of fused-ring (bicyclic) bond motifs is 1. The lowest BCUT2D eigenvalue weighted by atomic mass is 10.0. The molecular formula is C21H11ClF2N2O. The number of carbonyl (C=O) groups excluding carboxylic acids is 1. The van der Waals surface area contributed by atoms with Crippen LogP contribution < -0.4 is 0 Å². The fraction of sp³-hybridized carbons (Fsp3) is 0. The summed E-state index contributed by atoms with van der Waals surface area (Å²) in [5.74, 6) is -0.730. The highest BCUT2D eigenvalue weighted by atomic mass is 35.5. The van der Waals surface area contributed by atoms with E-state index in [1.165, 1.54) is 24.3 Å². The maximum Gasteiger partial charge on any atom is 0.252 e. The summed E-state index contributed by atoms with van der Waals surface area (Å²) in [7, 11) is 0. The molecule has 0 saturated heterocycles. The third kappa shape index (κ3) is 3.41. The second kappa shape index (κ2) is 6.85. The fourth-order valence-electron chi connectivity index (χ4n) is 2.79. The molecule has 4 aromatic rings. The predicted octanol–water partition coefficient (Wildman–Crippen LogP) is 5.62. The van der Waals surface area contributed by atoms with Crippen LogP contribution in [0.3, 0.4) is 0 Å². The normalized spacial score (nSPS) is 10.9. The van der Waals surface area contributed by atoms with Gasteiger partial charge in [0.1, 0.15) is 11.6 Å². The second-order valence-electron chi connectivity index (χ2n) is 5.91. The van der Waals surface area contributed by atoms with E-state index in [0.29, 0.717) is 39.1 Å². The summed E-state index contributed by atoms with van der Waals surface area (Å²) in [5.41, 5.74) is 3.68. The molecule has 1 heterocycles. The minimum atomic E-state index is -0.593. The van der Waals surface area contributed by atoms with Crippen LogP contribution in [-0.4, -0.2) is 15.2 Å². The monoisotopic (exact) mass is 380 g/mol. The first-order chi connectivity index (χ1) is 13.0. The molecule has 0 atom stereocenters. The van der Waals surface area contributed by atoms with Crippen molar-refractivity contribution in [2.45, 2.75) is 0 Å². The van der Waals surface area contributed by atoms with Crippen LogP contribution >= 0.6 is 11.6 Å². The third-order valence-electron chi connectivity index (χ3n) is 4.13. The van der Waals surface area contributed by atoms with E-state index < -0.39 is 5.24 Å². The van der Waals surface area contributed by atoms with Crippen LogP contribution in [0, 0.1) is 11.6 Å². The summed E-state index contributed by atoms with van der Waals surface area (Å²) in [6, 6.07) is 16.5. The van der Waals surface area contributed by atoms with Crippen molar-refractivity contribution < 1.29 is 13.6 Å². The van der Waals surface area contributed by atoms with Gasteiger partial charge in [0.15, 0.2) is 0 Å². The highest BCUT2D eigenvalue weighted by molar-refractivity contribution is 6.67. The summed E-state index contributed by atoms with van der Waals surface area (Å²) in [6.07, 6.45) is 0. The molecule has 0 aliphatic carbocycles. The Morgan fingerprint density at radius 3 is 1.67 bits per heavy atom.